The molecule has 1 rings (SSSR count). The molecule has 0 aliphatic heterocycles. The van der Waals surface area contributed by atoms with Crippen molar-refractivity contribution in [2.45, 2.75) is 13.8 Å². The van der Waals surface area contributed by atoms with Gasteiger partial charge in [-0.3, -0.25) is 4.79 Å². The first-order chi connectivity index (χ1) is 4.61. The van der Waals surface area contributed by atoms with Crippen molar-refractivity contribution < 1.29 is 0 Å². The Morgan fingerprint density at radius 3 is 2.50 bits per heavy atom. The maximum absolute atomic E-state index is 10.7. The van der Waals surface area contributed by atoms with Crippen LogP contribution in [0, 0.1) is 19.1 Å². The number of aryl methyl sites for hydroxylation is 2. The standard InChI is InChI=1S/C7H8NO2/c1-5-3-6(2)8(10)7(9)4-5/h3-4H,1-2H3/q-1. The van der Waals surface area contributed by atoms with Gasteiger partial charge < -0.3 is 9.94 Å². The minimum Gasteiger partial charge on any atom is -0.803 e. The van der Waals surface area contributed by atoms with E-state index in [0.29, 0.717) is 10.4 Å². The first-order valence-electron chi connectivity index (χ1n) is 2.99. The van der Waals surface area contributed by atoms with E-state index in [-0.39, 0.29) is 0 Å². The molecule has 54 valence electrons. The van der Waals surface area contributed by atoms with Gasteiger partial charge in [-0.15, -0.1) is 0 Å². The van der Waals surface area contributed by atoms with Crippen LogP contribution in [0.3, 0.4) is 0 Å². The van der Waals surface area contributed by atoms with Gasteiger partial charge in [0.25, 0.3) is 0 Å². The van der Waals surface area contributed by atoms with Crippen molar-refractivity contribution in [1.82, 2.24) is 4.73 Å². The van der Waals surface area contributed by atoms with Crippen molar-refractivity contribution in [1.29, 1.82) is 0 Å². The van der Waals surface area contributed by atoms with E-state index in [1.165, 1.54) is 6.07 Å². The maximum atomic E-state index is 10.7. The third-order valence-electron chi connectivity index (χ3n) is 1.31. The molecule has 0 aliphatic rings. The summed E-state index contributed by atoms with van der Waals surface area (Å²) >= 11 is 0. The van der Waals surface area contributed by atoms with E-state index in [9.17, 15) is 10.0 Å². The third-order valence-corrected chi connectivity index (χ3v) is 1.31. The topological polar surface area (TPSA) is 45.1 Å². The molecule has 0 bridgehead atoms. The molecule has 0 spiro atoms. The summed E-state index contributed by atoms with van der Waals surface area (Å²) in [5.74, 6) is 0. The third kappa shape index (κ3) is 1.03. The molecule has 3 nitrogen and oxygen atoms in total. The van der Waals surface area contributed by atoms with E-state index >= 15 is 0 Å². The van der Waals surface area contributed by atoms with E-state index in [1.54, 1.807) is 19.9 Å². The highest BCUT2D eigenvalue weighted by Gasteiger charge is 1.90. The highest BCUT2D eigenvalue weighted by molar-refractivity contribution is 5.15. The Kier molecular flexibility index (Phi) is 1.49. The second-order valence-electron chi connectivity index (χ2n) is 2.31. The van der Waals surface area contributed by atoms with Gasteiger partial charge in [-0.2, -0.15) is 0 Å². The average molecular weight is 138 g/mol. The van der Waals surface area contributed by atoms with Gasteiger partial charge in [-0.1, -0.05) is 0 Å². The lowest BCUT2D eigenvalue weighted by molar-refractivity contribution is 0.936. The molecule has 0 atom stereocenters. The quantitative estimate of drug-likeness (QED) is 0.532. The predicted octanol–water partition coefficient (Wildman–Crippen LogP) is 0.811. The Morgan fingerprint density at radius 2 is 2.00 bits per heavy atom. The van der Waals surface area contributed by atoms with Crippen molar-refractivity contribution in [3.8, 4) is 0 Å². The molecule has 0 aromatic carbocycles. The minimum atomic E-state index is -0.488. The van der Waals surface area contributed by atoms with Crippen LogP contribution in [0.5, 0.6) is 0 Å². The molecule has 10 heavy (non-hydrogen) atoms. The lowest BCUT2D eigenvalue weighted by atomic mass is 10.2. The van der Waals surface area contributed by atoms with Crippen LogP contribution in [0.4, 0.5) is 0 Å². The van der Waals surface area contributed by atoms with Crippen LogP contribution in [-0.2, 0) is 0 Å². The Bertz CT molecular complexity index is 301. The SMILES string of the molecule is Cc1cc(C)n([O-])c(=O)c1. The highest BCUT2D eigenvalue weighted by Crippen LogP contribution is 1.96. The van der Waals surface area contributed by atoms with Gasteiger partial charge in [0, 0.05) is 11.8 Å². The van der Waals surface area contributed by atoms with E-state index in [0.717, 1.165) is 5.56 Å². The van der Waals surface area contributed by atoms with Crippen molar-refractivity contribution in [2.75, 3.05) is 0 Å². The Hall–Kier alpha value is -1.25. The van der Waals surface area contributed by atoms with Crippen LogP contribution in [0.1, 0.15) is 11.3 Å². The van der Waals surface area contributed by atoms with Gasteiger partial charge in [0.1, 0.15) is 0 Å². The molecule has 0 radical (unpaired) electrons. The Balaban J connectivity index is 3.46. The monoisotopic (exact) mass is 138 g/mol. The number of nitrogens with zero attached hydrogens (tertiary/aromatic N) is 1. The summed E-state index contributed by atoms with van der Waals surface area (Å²) in [6.45, 7) is 3.40. The molecule has 0 fully saturated rings. The molecule has 0 saturated heterocycles. The first kappa shape index (κ1) is 6.86. The lowest BCUT2D eigenvalue weighted by Crippen LogP contribution is -2.16. The van der Waals surface area contributed by atoms with E-state index in [4.69, 9.17) is 0 Å². The fourth-order valence-corrected chi connectivity index (χ4v) is 0.857. The van der Waals surface area contributed by atoms with E-state index < -0.39 is 5.56 Å². The summed E-state index contributed by atoms with van der Waals surface area (Å²) in [6, 6.07) is 2.99. The molecular weight excluding hydrogens is 130 g/mol. The normalized spacial score (nSPS) is 9.80. The molecule has 0 aliphatic carbocycles. The second kappa shape index (κ2) is 2.17. The fourth-order valence-electron chi connectivity index (χ4n) is 0.857. The summed E-state index contributed by atoms with van der Waals surface area (Å²) in [4.78, 5) is 10.7. The van der Waals surface area contributed by atoms with Crippen molar-refractivity contribution in [3.05, 3.63) is 39.0 Å². The number of aromatic nitrogens is 1. The Labute approximate surface area is 58.5 Å². The molecule has 0 saturated carbocycles. The summed E-state index contributed by atoms with van der Waals surface area (Å²) in [7, 11) is 0. The van der Waals surface area contributed by atoms with Gasteiger partial charge >= 0.3 is 0 Å². The fraction of sp³-hybridized carbons (Fsp3) is 0.286. The summed E-state index contributed by atoms with van der Waals surface area (Å²) in [5, 5.41) is 10.7. The zero-order valence-electron chi connectivity index (χ0n) is 5.92. The number of pyridine rings is 1. The van der Waals surface area contributed by atoms with Crippen molar-refractivity contribution >= 4 is 0 Å². The maximum Gasteiger partial charge on any atom is 0.246 e. The summed E-state index contributed by atoms with van der Waals surface area (Å²) < 4.78 is 0.382. The van der Waals surface area contributed by atoms with Gasteiger partial charge in [0.2, 0.25) is 5.56 Å². The lowest BCUT2D eigenvalue weighted by Gasteiger charge is -2.12. The Morgan fingerprint density at radius 1 is 1.40 bits per heavy atom. The van der Waals surface area contributed by atoms with Crippen LogP contribution in [0.2, 0.25) is 0 Å². The van der Waals surface area contributed by atoms with Crippen LogP contribution < -0.4 is 5.56 Å². The van der Waals surface area contributed by atoms with E-state index in [1.807, 2.05) is 0 Å². The van der Waals surface area contributed by atoms with Gasteiger partial charge in [0.05, 0.1) is 0 Å². The molecule has 1 aromatic heterocycles. The average Bonchev–Trinajstić information content (AvgIpc) is 1.82. The number of hydrogen-bond acceptors (Lipinski definition) is 2. The van der Waals surface area contributed by atoms with Crippen LogP contribution in [0.15, 0.2) is 16.9 Å². The zero-order valence-corrected chi connectivity index (χ0v) is 5.92. The molecular formula is C7H8NO2-. The first-order valence-corrected chi connectivity index (χ1v) is 2.99. The second-order valence-corrected chi connectivity index (χ2v) is 2.31. The number of hydrogen-bond donors (Lipinski definition) is 0. The van der Waals surface area contributed by atoms with Gasteiger partial charge in [-0.05, 0) is 25.5 Å². The zero-order chi connectivity index (χ0) is 7.72. The molecule has 0 N–H and O–H groups in total. The van der Waals surface area contributed by atoms with Gasteiger partial charge in [0.15, 0.2) is 0 Å². The van der Waals surface area contributed by atoms with Crippen LogP contribution in [-0.4, -0.2) is 4.73 Å². The minimum absolute atomic E-state index is 0.382. The van der Waals surface area contributed by atoms with Crippen LogP contribution in [0.25, 0.3) is 0 Å². The molecule has 1 heterocycles. The van der Waals surface area contributed by atoms with Gasteiger partial charge in [-0.25, -0.2) is 0 Å². The predicted molar refractivity (Wildman–Crippen MR) is 38.9 cm³/mol. The van der Waals surface area contributed by atoms with E-state index in [2.05, 4.69) is 0 Å². The van der Waals surface area contributed by atoms with Crippen molar-refractivity contribution in [2.24, 2.45) is 0 Å². The highest BCUT2D eigenvalue weighted by atomic mass is 16.5. The summed E-state index contributed by atoms with van der Waals surface area (Å²) in [6.07, 6.45) is 0. The number of rotatable bonds is 0. The molecule has 3 heteroatoms. The molecule has 0 unspecified atom stereocenters. The van der Waals surface area contributed by atoms with Crippen LogP contribution >= 0.6 is 0 Å². The smallest absolute Gasteiger partial charge is 0.246 e. The summed E-state index contributed by atoms with van der Waals surface area (Å²) in [5.41, 5.74) is 0.789. The largest absolute Gasteiger partial charge is 0.803 e. The molecule has 0 amide bonds. The van der Waals surface area contributed by atoms with Crippen molar-refractivity contribution in [3.63, 3.8) is 0 Å². The molecule has 1 aromatic rings.